The lowest BCUT2D eigenvalue weighted by Crippen LogP contribution is -1.49. The molecule has 0 aliphatic heterocycles. The van der Waals surface area contributed by atoms with Crippen molar-refractivity contribution in [2.45, 2.75) is 6.92 Å². The molecule has 0 bridgehead atoms. The van der Waals surface area contributed by atoms with Crippen molar-refractivity contribution in [1.29, 1.82) is 0 Å². The van der Waals surface area contributed by atoms with Crippen molar-refractivity contribution >= 4 is 29.0 Å². The summed E-state index contributed by atoms with van der Waals surface area (Å²) in [6.45, 7) is 1.92. The maximum Gasteiger partial charge on any atom is 0.529 e. The monoisotopic (exact) mass is 143 g/mol. The van der Waals surface area contributed by atoms with Crippen LogP contribution < -0.4 is 0 Å². The van der Waals surface area contributed by atoms with Gasteiger partial charge in [0.25, 0.3) is 0 Å². The number of rotatable bonds is 2. The fourth-order valence-corrected chi connectivity index (χ4v) is 1.79. The fourth-order valence-electron chi connectivity index (χ4n) is 0.101. The Labute approximate surface area is 46.8 Å². The summed E-state index contributed by atoms with van der Waals surface area (Å²) < 4.78 is 9.92. The standard InChI is InChI=1S/C2H5ClOPS/c1-2-6-5(3)4/h2H2,1H3/q+1. The van der Waals surface area contributed by atoms with Crippen LogP contribution in [0.15, 0.2) is 0 Å². The molecule has 0 aliphatic rings. The second kappa shape index (κ2) is 3.91. The van der Waals surface area contributed by atoms with Crippen LogP contribution >= 0.6 is 29.0 Å². The Balaban J connectivity index is 2.83. The molecule has 0 rings (SSSR count). The first-order chi connectivity index (χ1) is 2.77. The van der Waals surface area contributed by atoms with E-state index in [-0.39, 0.29) is 0 Å². The van der Waals surface area contributed by atoms with Gasteiger partial charge in [-0.1, -0.05) is 6.92 Å². The van der Waals surface area contributed by atoms with Gasteiger partial charge in [-0.25, -0.2) is 0 Å². The topological polar surface area (TPSA) is 17.1 Å². The number of hydrogen-bond acceptors (Lipinski definition) is 2. The molecule has 0 aliphatic carbocycles. The van der Waals surface area contributed by atoms with Gasteiger partial charge in [0, 0.05) is 5.75 Å². The number of halogens is 1. The third kappa shape index (κ3) is 4.74. The van der Waals surface area contributed by atoms with Crippen LogP contribution in [-0.2, 0) is 4.57 Å². The largest absolute Gasteiger partial charge is 0.529 e. The lowest BCUT2D eigenvalue weighted by atomic mass is 11.0. The molecule has 0 aromatic heterocycles. The maximum atomic E-state index is 9.92. The van der Waals surface area contributed by atoms with Crippen molar-refractivity contribution in [3.05, 3.63) is 0 Å². The molecular weight excluding hydrogens is 139 g/mol. The van der Waals surface area contributed by atoms with E-state index in [0.29, 0.717) is 0 Å². The van der Waals surface area contributed by atoms with Crippen LogP contribution in [0.1, 0.15) is 6.92 Å². The highest BCUT2D eigenvalue weighted by Gasteiger charge is 2.08. The molecule has 0 N–H and O–H groups in total. The molecule has 1 atom stereocenters. The summed E-state index contributed by atoms with van der Waals surface area (Å²) in [6.07, 6.45) is -1.46. The summed E-state index contributed by atoms with van der Waals surface area (Å²) in [6, 6.07) is 0. The highest BCUT2D eigenvalue weighted by Crippen LogP contribution is 2.41. The summed E-state index contributed by atoms with van der Waals surface area (Å²) in [7, 11) is 0. The van der Waals surface area contributed by atoms with Crippen molar-refractivity contribution in [3.63, 3.8) is 0 Å². The van der Waals surface area contributed by atoms with E-state index < -0.39 is 6.36 Å². The molecular formula is C2H5ClOPS+. The van der Waals surface area contributed by atoms with Gasteiger partial charge in [-0.15, -0.1) is 0 Å². The lowest BCUT2D eigenvalue weighted by Gasteiger charge is -1.62. The average molecular weight is 144 g/mol. The van der Waals surface area contributed by atoms with E-state index in [4.69, 9.17) is 11.2 Å². The van der Waals surface area contributed by atoms with Crippen LogP contribution in [0, 0.1) is 0 Å². The van der Waals surface area contributed by atoms with Crippen molar-refractivity contribution in [2.75, 3.05) is 5.75 Å². The van der Waals surface area contributed by atoms with Crippen molar-refractivity contribution in [3.8, 4) is 0 Å². The maximum absolute atomic E-state index is 9.92. The predicted molar refractivity (Wildman–Crippen MR) is 31.6 cm³/mol. The minimum Gasteiger partial charge on any atom is -0.0521 e. The normalized spacial score (nSPS) is 11.3. The summed E-state index contributed by atoms with van der Waals surface area (Å²) in [5.41, 5.74) is 0. The van der Waals surface area contributed by atoms with E-state index in [1.165, 1.54) is 11.4 Å². The van der Waals surface area contributed by atoms with Gasteiger partial charge >= 0.3 is 6.36 Å². The van der Waals surface area contributed by atoms with Gasteiger partial charge in [-0.3, -0.25) is 0 Å². The molecule has 0 saturated carbocycles. The molecule has 1 unspecified atom stereocenters. The van der Waals surface area contributed by atoms with Crippen molar-refractivity contribution < 1.29 is 4.57 Å². The van der Waals surface area contributed by atoms with E-state index >= 15 is 0 Å². The molecule has 0 amide bonds. The van der Waals surface area contributed by atoms with Gasteiger partial charge < -0.3 is 0 Å². The summed E-state index contributed by atoms with van der Waals surface area (Å²) in [5, 5.41) is 0. The second-order valence-electron chi connectivity index (χ2n) is 0.630. The molecule has 0 aromatic carbocycles. The molecule has 1 nitrogen and oxygen atoms in total. The van der Waals surface area contributed by atoms with Gasteiger partial charge in [-0.05, 0) is 4.57 Å². The Kier molecular flexibility index (Phi) is 4.40. The van der Waals surface area contributed by atoms with Crippen LogP contribution in [0.2, 0.25) is 0 Å². The zero-order chi connectivity index (χ0) is 4.99. The molecule has 6 heavy (non-hydrogen) atoms. The first kappa shape index (κ1) is 6.74. The quantitative estimate of drug-likeness (QED) is 0.553. The highest BCUT2D eigenvalue weighted by molar-refractivity contribution is 8.58. The van der Waals surface area contributed by atoms with Gasteiger partial charge in [0.15, 0.2) is 0 Å². The molecule has 0 spiro atoms. The second-order valence-corrected chi connectivity index (χ2v) is 5.18. The Bertz CT molecular complexity index is 57.5. The van der Waals surface area contributed by atoms with E-state index in [1.54, 1.807) is 0 Å². The van der Waals surface area contributed by atoms with Crippen molar-refractivity contribution in [1.82, 2.24) is 0 Å². The predicted octanol–water partition coefficient (Wildman–Crippen LogP) is 2.64. The molecule has 0 aromatic rings. The van der Waals surface area contributed by atoms with Crippen molar-refractivity contribution in [2.24, 2.45) is 0 Å². The molecule has 36 valence electrons. The van der Waals surface area contributed by atoms with E-state index in [0.717, 1.165) is 5.75 Å². The summed E-state index contributed by atoms with van der Waals surface area (Å²) >= 11 is 6.31. The van der Waals surface area contributed by atoms with Crippen LogP contribution in [0.3, 0.4) is 0 Å². The molecule has 0 heterocycles. The third-order valence-corrected chi connectivity index (χ3v) is 2.95. The smallest absolute Gasteiger partial charge is 0.0521 e. The van der Waals surface area contributed by atoms with Crippen LogP contribution in [0.5, 0.6) is 0 Å². The van der Waals surface area contributed by atoms with Gasteiger partial charge in [0.1, 0.15) is 11.4 Å². The molecule has 0 fully saturated rings. The van der Waals surface area contributed by atoms with E-state index in [9.17, 15) is 4.57 Å². The number of hydrogen-bond donors (Lipinski definition) is 0. The zero-order valence-corrected chi connectivity index (χ0v) is 5.82. The van der Waals surface area contributed by atoms with E-state index in [2.05, 4.69) is 0 Å². The Morgan fingerprint density at radius 1 is 2.00 bits per heavy atom. The Hall–Kier alpha value is 0.740. The summed E-state index contributed by atoms with van der Waals surface area (Å²) in [5.74, 6) is 0.832. The van der Waals surface area contributed by atoms with Crippen LogP contribution in [-0.4, -0.2) is 5.75 Å². The van der Waals surface area contributed by atoms with Gasteiger partial charge in [0.2, 0.25) is 11.2 Å². The first-order valence-electron chi connectivity index (χ1n) is 1.53. The van der Waals surface area contributed by atoms with Crippen LogP contribution in [0.25, 0.3) is 0 Å². The van der Waals surface area contributed by atoms with Crippen LogP contribution in [0.4, 0.5) is 0 Å². The fraction of sp³-hybridized carbons (Fsp3) is 1.00. The Morgan fingerprint density at radius 3 is 2.50 bits per heavy atom. The van der Waals surface area contributed by atoms with E-state index in [1.807, 2.05) is 6.92 Å². The average Bonchev–Trinajstić information content (AvgIpc) is 1.35. The highest BCUT2D eigenvalue weighted by atomic mass is 35.7. The molecule has 4 heteroatoms. The lowest BCUT2D eigenvalue weighted by molar-refractivity contribution is 0.603. The molecule has 0 radical (unpaired) electrons. The zero-order valence-electron chi connectivity index (χ0n) is 3.35. The Morgan fingerprint density at radius 2 is 2.50 bits per heavy atom. The minimum absolute atomic E-state index is 0.832. The van der Waals surface area contributed by atoms with Gasteiger partial charge in [-0.2, -0.15) is 0 Å². The van der Waals surface area contributed by atoms with Gasteiger partial charge in [0.05, 0.1) is 0 Å². The summed E-state index contributed by atoms with van der Waals surface area (Å²) in [4.78, 5) is 0. The SMILES string of the molecule is CCS[P+](=O)Cl. The minimum atomic E-state index is -1.46. The molecule has 0 saturated heterocycles. The first-order valence-corrected chi connectivity index (χ1v) is 5.29. The third-order valence-electron chi connectivity index (χ3n) is 0.231.